The molecule has 0 aromatic heterocycles. The van der Waals surface area contributed by atoms with Gasteiger partial charge in [0.15, 0.2) is 0 Å². The highest BCUT2D eigenvalue weighted by atomic mass is 19.4. The van der Waals surface area contributed by atoms with E-state index in [-0.39, 0.29) is 36.6 Å². The number of halogens is 6. The first-order chi connectivity index (χ1) is 14.8. The molecule has 1 aliphatic rings. The van der Waals surface area contributed by atoms with E-state index in [1.807, 2.05) is 0 Å². The fraction of sp³-hybridized carbons (Fsp3) is 0.364. The maximum absolute atomic E-state index is 13.4. The third-order valence-corrected chi connectivity index (χ3v) is 4.71. The van der Waals surface area contributed by atoms with Crippen molar-refractivity contribution in [2.24, 2.45) is 4.99 Å². The zero-order valence-electron chi connectivity index (χ0n) is 17.1. The van der Waals surface area contributed by atoms with Gasteiger partial charge in [0.1, 0.15) is 17.1 Å². The highest BCUT2D eigenvalue weighted by molar-refractivity contribution is 6.11. The number of nitriles is 1. The molecule has 1 heterocycles. The Labute approximate surface area is 180 Å². The van der Waals surface area contributed by atoms with Crippen LogP contribution in [0.1, 0.15) is 42.5 Å². The van der Waals surface area contributed by atoms with Crippen LogP contribution in [0.4, 0.5) is 26.3 Å². The number of hydrogen-bond donors (Lipinski definition) is 0. The molecule has 0 saturated carbocycles. The lowest BCUT2D eigenvalue weighted by molar-refractivity contribution is -0.138. The van der Waals surface area contributed by atoms with E-state index in [2.05, 4.69) is 4.99 Å². The molecule has 0 saturated heterocycles. The molecule has 10 heteroatoms. The van der Waals surface area contributed by atoms with Gasteiger partial charge in [0.25, 0.3) is 0 Å². The van der Waals surface area contributed by atoms with Gasteiger partial charge < -0.3 is 9.47 Å². The average Bonchev–Trinajstić information content (AvgIpc) is 3.51. The van der Waals surface area contributed by atoms with Gasteiger partial charge in [-0.2, -0.15) is 31.6 Å². The maximum atomic E-state index is 13.4. The SMILES string of the molecule is CC(C)(CCOc1ccc(C#N)c(C(F)(F)F)c1)Oc1ccc(C2=NC2)c(C(F)(F)F)c1. The normalized spacial score (nSPS) is 13.9. The summed E-state index contributed by atoms with van der Waals surface area (Å²) in [7, 11) is 0. The fourth-order valence-electron chi connectivity index (χ4n) is 3.01. The topological polar surface area (TPSA) is 54.6 Å². The van der Waals surface area contributed by atoms with Crippen LogP contribution in [-0.4, -0.2) is 24.5 Å². The summed E-state index contributed by atoms with van der Waals surface area (Å²) in [6.45, 7) is 3.47. The molecular weight excluding hydrogens is 438 g/mol. The second kappa shape index (κ2) is 8.37. The van der Waals surface area contributed by atoms with Gasteiger partial charge in [0.2, 0.25) is 0 Å². The Morgan fingerprint density at radius 1 is 0.938 bits per heavy atom. The van der Waals surface area contributed by atoms with E-state index in [0.29, 0.717) is 5.71 Å². The van der Waals surface area contributed by atoms with Crippen LogP contribution in [0.5, 0.6) is 11.5 Å². The standard InChI is InChI=1S/C22H18F6N2O2/c1-20(2,7-8-31-14-4-3-13(11-29)17(9-14)21(23,24)25)32-15-5-6-16(19-12-30-19)18(10-15)22(26,27)28/h3-6,9-10H,7-8,12H2,1-2H3. The Hall–Kier alpha value is -3.22. The van der Waals surface area contributed by atoms with Gasteiger partial charge in [0.05, 0.1) is 41.6 Å². The largest absolute Gasteiger partial charge is 0.493 e. The lowest BCUT2D eigenvalue weighted by Gasteiger charge is -2.27. The van der Waals surface area contributed by atoms with Crippen molar-refractivity contribution in [3.8, 4) is 17.6 Å². The van der Waals surface area contributed by atoms with Crippen LogP contribution in [0.15, 0.2) is 41.4 Å². The van der Waals surface area contributed by atoms with Crippen molar-refractivity contribution in [2.75, 3.05) is 13.2 Å². The van der Waals surface area contributed by atoms with Crippen LogP contribution in [0.25, 0.3) is 0 Å². The molecule has 0 bridgehead atoms. The molecule has 0 spiro atoms. The Kier molecular flexibility index (Phi) is 6.13. The van der Waals surface area contributed by atoms with Gasteiger partial charge in [-0.05, 0) is 50.2 Å². The maximum Gasteiger partial charge on any atom is 0.417 e. The van der Waals surface area contributed by atoms with Crippen LogP contribution in [-0.2, 0) is 12.4 Å². The summed E-state index contributed by atoms with van der Waals surface area (Å²) >= 11 is 0. The zero-order chi connectivity index (χ0) is 23.7. The number of benzene rings is 2. The highest BCUT2D eigenvalue weighted by Crippen LogP contribution is 2.37. The van der Waals surface area contributed by atoms with Crippen LogP contribution < -0.4 is 9.47 Å². The van der Waals surface area contributed by atoms with Crippen molar-refractivity contribution >= 4 is 5.71 Å². The number of aliphatic imine (C=N–C) groups is 1. The smallest absolute Gasteiger partial charge is 0.417 e. The molecule has 170 valence electrons. The van der Waals surface area contributed by atoms with Crippen LogP contribution in [0.2, 0.25) is 0 Å². The Morgan fingerprint density at radius 3 is 2.09 bits per heavy atom. The van der Waals surface area contributed by atoms with Crippen molar-refractivity contribution in [1.29, 1.82) is 5.26 Å². The number of nitrogens with zero attached hydrogens (tertiary/aromatic N) is 2. The molecule has 1 aliphatic heterocycles. The van der Waals surface area contributed by atoms with E-state index in [9.17, 15) is 26.3 Å². The number of rotatable bonds is 7. The fourth-order valence-corrected chi connectivity index (χ4v) is 3.01. The third kappa shape index (κ3) is 5.72. The first-order valence-electron chi connectivity index (χ1n) is 9.48. The quantitative estimate of drug-likeness (QED) is 0.479. The van der Waals surface area contributed by atoms with Crippen LogP contribution >= 0.6 is 0 Å². The van der Waals surface area contributed by atoms with Gasteiger partial charge in [0, 0.05) is 12.0 Å². The lowest BCUT2D eigenvalue weighted by atomic mass is 10.0. The Balaban J connectivity index is 1.67. The van der Waals surface area contributed by atoms with E-state index in [1.165, 1.54) is 24.3 Å². The molecule has 0 amide bonds. The minimum Gasteiger partial charge on any atom is -0.493 e. The Bertz CT molecular complexity index is 1080. The van der Waals surface area contributed by atoms with Gasteiger partial charge in [-0.25, -0.2) is 0 Å². The van der Waals surface area contributed by atoms with Crippen molar-refractivity contribution in [3.63, 3.8) is 0 Å². The molecule has 0 fully saturated rings. The number of ether oxygens (including phenoxy) is 2. The highest BCUT2D eigenvalue weighted by Gasteiger charge is 2.37. The molecular formula is C22H18F6N2O2. The number of alkyl halides is 6. The summed E-state index contributed by atoms with van der Waals surface area (Å²) < 4.78 is 90.4. The monoisotopic (exact) mass is 456 g/mol. The van der Waals surface area contributed by atoms with Crippen molar-refractivity contribution in [1.82, 2.24) is 0 Å². The van der Waals surface area contributed by atoms with Gasteiger partial charge in [-0.1, -0.05) is 0 Å². The summed E-state index contributed by atoms with van der Waals surface area (Å²) in [5.74, 6) is -0.0777. The minimum atomic E-state index is -4.71. The van der Waals surface area contributed by atoms with Crippen LogP contribution in [0, 0.1) is 11.3 Å². The minimum absolute atomic E-state index is 0.00468. The average molecular weight is 456 g/mol. The van der Waals surface area contributed by atoms with Crippen molar-refractivity contribution in [3.05, 3.63) is 58.7 Å². The Morgan fingerprint density at radius 2 is 1.53 bits per heavy atom. The first kappa shape index (κ1) is 23.4. The van der Waals surface area contributed by atoms with E-state index < -0.39 is 34.6 Å². The van der Waals surface area contributed by atoms with Gasteiger partial charge >= 0.3 is 12.4 Å². The van der Waals surface area contributed by atoms with Crippen molar-refractivity contribution < 1.29 is 35.8 Å². The van der Waals surface area contributed by atoms with Gasteiger partial charge in [-0.3, -0.25) is 4.99 Å². The summed E-state index contributed by atoms with van der Waals surface area (Å²) in [5, 5.41) is 8.83. The molecule has 32 heavy (non-hydrogen) atoms. The molecule has 0 atom stereocenters. The second-order valence-electron chi connectivity index (χ2n) is 7.75. The lowest BCUT2D eigenvalue weighted by Crippen LogP contribution is -2.30. The predicted molar refractivity (Wildman–Crippen MR) is 104 cm³/mol. The summed E-state index contributed by atoms with van der Waals surface area (Å²) in [5.41, 5.74) is -3.02. The summed E-state index contributed by atoms with van der Waals surface area (Å²) in [6, 6.07) is 8.13. The molecule has 3 rings (SSSR count). The van der Waals surface area contributed by atoms with E-state index in [1.54, 1.807) is 13.8 Å². The molecule has 0 radical (unpaired) electrons. The van der Waals surface area contributed by atoms with E-state index >= 15 is 0 Å². The van der Waals surface area contributed by atoms with Gasteiger partial charge in [-0.15, -0.1) is 0 Å². The molecule has 2 aromatic carbocycles. The predicted octanol–water partition coefficient (Wildman–Crippen LogP) is 6.03. The summed E-state index contributed by atoms with van der Waals surface area (Å²) in [4.78, 5) is 3.82. The van der Waals surface area contributed by atoms with E-state index in [4.69, 9.17) is 14.7 Å². The number of hydrogen-bond acceptors (Lipinski definition) is 4. The second-order valence-corrected chi connectivity index (χ2v) is 7.75. The molecule has 2 aromatic rings. The molecule has 0 unspecified atom stereocenters. The molecule has 0 N–H and O–H groups in total. The van der Waals surface area contributed by atoms with Crippen molar-refractivity contribution in [2.45, 2.75) is 38.2 Å². The van der Waals surface area contributed by atoms with Crippen LogP contribution in [0.3, 0.4) is 0 Å². The molecule has 0 aliphatic carbocycles. The van der Waals surface area contributed by atoms with E-state index in [0.717, 1.165) is 18.2 Å². The third-order valence-electron chi connectivity index (χ3n) is 4.71. The zero-order valence-corrected chi connectivity index (χ0v) is 17.1. The summed E-state index contributed by atoms with van der Waals surface area (Å²) in [6.07, 6.45) is -9.11. The first-order valence-corrected chi connectivity index (χ1v) is 9.48. The molecule has 4 nitrogen and oxygen atoms in total.